The second-order valence-electron chi connectivity index (χ2n) is 7.47. The molecule has 2 aromatic heterocycles. The Labute approximate surface area is 185 Å². The molecule has 4 rings (SSSR count). The van der Waals surface area contributed by atoms with Crippen LogP contribution in [0.15, 0.2) is 36.4 Å². The molecule has 0 spiro atoms. The predicted octanol–water partition coefficient (Wildman–Crippen LogP) is 4.44. The van der Waals surface area contributed by atoms with Gasteiger partial charge in [-0.2, -0.15) is 5.10 Å². The van der Waals surface area contributed by atoms with Crippen LogP contribution in [0.3, 0.4) is 0 Å². The zero-order valence-electron chi connectivity index (χ0n) is 16.8. The van der Waals surface area contributed by atoms with Crippen LogP contribution in [0.2, 0.25) is 10.0 Å². The van der Waals surface area contributed by atoms with E-state index in [2.05, 4.69) is 25.5 Å². The molecule has 156 valence electrons. The third-order valence-corrected chi connectivity index (χ3v) is 5.98. The first-order valence-corrected chi connectivity index (χ1v) is 10.5. The van der Waals surface area contributed by atoms with Gasteiger partial charge in [0.25, 0.3) is 0 Å². The van der Waals surface area contributed by atoms with Crippen LogP contribution in [0.1, 0.15) is 24.2 Å². The van der Waals surface area contributed by atoms with E-state index in [4.69, 9.17) is 23.2 Å². The summed E-state index contributed by atoms with van der Waals surface area (Å²) in [4.78, 5) is 14.8. The summed E-state index contributed by atoms with van der Waals surface area (Å²) >= 11 is 11.9. The lowest BCUT2D eigenvalue weighted by atomic mass is 9.96. The Kier molecular flexibility index (Phi) is 5.92. The monoisotopic (exact) mass is 444 g/mol. The molecule has 1 N–H and O–H groups in total. The van der Waals surface area contributed by atoms with Gasteiger partial charge >= 0.3 is 0 Å². The number of aryl methyl sites for hydroxylation is 2. The van der Waals surface area contributed by atoms with Crippen molar-refractivity contribution in [1.82, 2.24) is 20.0 Å². The summed E-state index contributed by atoms with van der Waals surface area (Å²) in [5.41, 5.74) is 2.62. The Morgan fingerprint density at radius 3 is 2.30 bits per heavy atom. The largest absolute Gasteiger partial charge is 0.355 e. The number of hydrogen-bond donors (Lipinski definition) is 1. The highest BCUT2D eigenvalue weighted by Crippen LogP contribution is 2.27. The fourth-order valence-corrected chi connectivity index (χ4v) is 3.95. The molecule has 0 radical (unpaired) electrons. The summed E-state index contributed by atoms with van der Waals surface area (Å²) in [6.45, 7) is 5.43. The van der Waals surface area contributed by atoms with Gasteiger partial charge < -0.3 is 10.2 Å². The molecule has 3 aromatic rings. The Bertz CT molecular complexity index is 1060. The second kappa shape index (κ2) is 8.62. The molecule has 1 saturated heterocycles. The smallest absolute Gasteiger partial charge is 0.227 e. The standard InChI is InChI=1S/C21H22Cl2N6O/c1-13-11-14(2)29(27-13)20-6-5-19(25-26-20)28-9-7-15(8-10-28)21(30)24-16-3-4-17(22)18(23)12-16/h3-6,11-12,15H,7-10H2,1-2H3,(H,24,30). The number of hydrogen-bond acceptors (Lipinski definition) is 5. The van der Waals surface area contributed by atoms with Crippen LogP contribution in [0.4, 0.5) is 11.5 Å². The van der Waals surface area contributed by atoms with Crippen molar-refractivity contribution in [3.05, 3.63) is 57.8 Å². The molecular weight excluding hydrogens is 423 g/mol. The summed E-state index contributed by atoms with van der Waals surface area (Å²) in [7, 11) is 0. The summed E-state index contributed by atoms with van der Waals surface area (Å²) < 4.78 is 1.78. The molecule has 30 heavy (non-hydrogen) atoms. The SMILES string of the molecule is Cc1cc(C)n(-c2ccc(N3CCC(C(=O)Nc4ccc(Cl)c(Cl)c4)CC3)nn2)n1. The molecule has 1 aromatic carbocycles. The number of piperidine rings is 1. The maximum Gasteiger partial charge on any atom is 0.227 e. The maximum absolute atomic E-state index is 12.6. The van der Waals surface area contributed by atoms with E-state index >= 15 is 0 Å². The number of anilines is 2. The topological polar surface area (TPSA) is 75.9 Å². The van der Waals surface area contributed by atoms with Gasteiger partial charge in [0, 0.05) is 30.4 Å². The van der Waals surface area contributed by atoms with E-state index in [-0.39, 0.29) is 11.8 Å². The molecule has 3 heterocycles. The third kappa shape index (κ3) is 4.42. The zero-order chi connectivity index (χ0) is 21.3. The lowest BCUT2D eigenvalue weighted by molar-refractivity contribution is -0.120. The van der Waals surface area contributed by atoms with E-state index in [1.54, 1.807) is 22.9 Å². The van der Waals surface area contributed by atoms with Crippen molar-refractivity contribution in [1.29, 1.82) is 0 Å². The highest BCUT2D eigenvalue weighted by molar-refractivity contribution is 6.42. The van der Waals surface area contributed by atoms with Gasteiger partial charge in [0.1, 0.15) is 0 Å². The number of amides is 1. The van der Waals surface area contributed by atoms with Crippen LogP contribution in [-0.2, 0) is 4.79 Å². The summed E-state index contributed by atoms with van der Waals surface area (Å²) in [5.74, 6) is 1.44. The number of aromatic nitrogens is 4. The number of benzene rings is 1. The first kappa shape index (κ1) is 20.6. The van der Waals surface area contributed by atoms with Gasteiger partial charge in [-0.25, -0.2) is 4.68 Å². The third-order valence-electron chi connectivity index (χ3n) is 5.24. The first-order chi connectivity index (χ1) is 14.4. The van der Waals surface area contributed by atoms with Crippen LogP contribution in [0, 0.1) is 19.8 Å². The number of rotatable bonds is 4. The second-order valence-corrected chi connectivity index (χ2v) is 8.28. The summed E-state index contributed by atoms with van der Waals surface area (Å²) in [5, 5.41) is 17.0. The highest BCUT2D eigenvalue weighted by Gasteiger charge is 2.26. The van der Waals surface area contributed by atoms with Crippen molar-refractivity contribution in [2.45, 2.75) is 26.7 Å². The molecular formula is C21H22Cl2N6O. The van der Waals surface area contributed by atoms with E-state index in [0.717, 1.165) is 43.1 Å². The van der Waals surface area contributed by atoms with Gasteiger partial charge in [-0.1, -0.05) is 23.2 Å². The van der Waals surface area contributed by atoms with Crippen LogP contribution in [-0.4, -0.2) is 39.0 Å². The van der Waals surface area contributed by atoms with E-state index in [9.17, 15) is 4.79 Å². The summed E-state index contributed by atoms with van der Waals surface area (Å²) in [6.07, 6.45) is 1.49. The molecule has 0 saturated carbocycles. The van der Waals surface area contributed by atoms with Crippen molar-refractivity contribution in [2.24, 2.45) is 5.92 Å². The van der Waals surface area contributed by atoms with Gasteiger partial charge in [0.05, 0.1) is 15.7 Å². The lowest BCUT2D eigenvalue weighted by Gasteiger charge is -2.31. The molecule has 0 bridgehead atoms. The highest BCUT2D eigenvalue weighted by atomic mass is 35.5. The minimum absolute atomic E-state index is 0.000927. The number of nitrogens with one attached hydrogen (secondary N) is 1. The minimum Gasteiger partial charge on any atom is -0.355 e. The fourth-order valence-electron chi connectivity index (χ4n) is 3.65. The summed E-state index contributed by atoms with van der Waals surface area (Å²) in [6, 6.07) is 11.0. The molecule has 1 fully saturated rings. The molecule has 0 unspecified atom stereocenters. The van der Waals surface area contributed by atoms with Gasteiger partial charge in [-0.3, -0.25) is 4.79 Å². The fraction of sp³-hybridized carbons (Fsp3) is 0.333. The molecule has 9 heteroatoms. The van der Waals surface area contributed by atoms with Crippen LogP contribution in [0.25, 0.3) is 5.82 Å². The van der Waals surface area contributed by atoms with Crippen molar-refractivity contribution in [3.63, 3.8) is 0 Å². The molecule has 1 amide bonds. The van der Waals surface area contributed by atoms with E-state index in [0.29, 0.717) is 21.6 Å². The van der Waals surface area contributed by atoms with Crippen LogP contribution < -0.4 is 10.2 Å². The average Bonchev–Trinajstić information content (AvgIpc) is 3.09. The minimum atomic E-state index is -0.0577. The zero-order valence-corrected chi connectivity index (χ0v) is 18.3. The quantitative estimate of drug-likeness (QED) is 0.643. The maximum atomic E-state index is 12.6. The Hall–Kier alpha value is -2.64. The van der Waals surface area contributed by atoms with Crippen LogP contribution in [0.5, 0.6) is 0 Å². The van der Waals surface area contributed by atoms with Gasteiger partial charge in [0.15, 0.2) is 11.6 Å². The average molecular weight is 445 g/mol. The lowest BCUT2D eigenvalue weighted by Crippen LogP contribution is -2.38. The number of nitrogens with zero attached hydrogens (tertiary/aromatic N) is 5. The van der Waals surface area contributed by atoms with Gasteiger partial charge in [-0.05, 0) is 63.1 Å². The Morgan fingerprint density at radius 1 is 1.00 bits per heavy atom. The molecule has 1 aliphatic heterocycles. The Morgan fingerprint density at radius 2 is 1.70 bits per heavy atom. The number of halogens is 2. The number of carbonyl (C=O) groups is 1. The van der Waals surface area contributed by atoms with Gasteiger partial charge in [0.2, 0.25) is 5.91 Å². The molecule has 0 atom stereocenters. The number of carbonyl (C=O) groups excluding carboxylic acids is 1. The Balaban J connectivity index is 1.35. The van der Waals surface area contributed by atoms with E-state index in [1.165, 1.54) is 0 Å². The van der Waals surface area contributed by atoms with E-state index in [1.807, 2.05) is 32.0 Å². The van der Waals surface area contributed by atoms with Crippen LogP contribution >= 0.6 is 23.2 Å². The van der Waals surface area contributed by atoms with E-state index < -0.39 is 0 Å². The van der Waals surface area contributed by atoms with Crippen molar-refractivity contribution >= 4 is 40.6 Å². The molecule has 1 aliphatic rings. The van der Waals surface area contributed by atoms with Crippen molar-refractivity contribution in [3.8, 4) is 5.82 Å². The first-order valence-electron chi connectivity index (χ1n) is 9.79. The normalized spacial score (nSPS) is 14.7. The molecule has 0 aliphatic carbocycles. The van der Waals surface area contributed by atoms with Crippen molar-refractivity contribution in [2.75, 3.05) is 23.3 Å². The van der Waals surface area contributed by atoms with Crippen molar-refractivity contribution < 1.29 is 4.79 Å². The predicted molar refractivity (Wildman–Crippen MR) is 119 cm³/mol. The van der Waals surface area contributed by atoms with Gasteiger partial charge in [-0.15, -0.1) is 10.2 Å². The molecule has 7 nitrogen and oxygen atoms in total.